The zero-order chi connectivity index (χ0) is 103. The third kappa shape index (κ3) is 56.9. The van der Waals surface area contributed by atoms with E-state index in [9.17, 15) is 14.4 Å². The molecule has 10 aromatic rings. The fraction of sp³-hybridized carbons (Fsp3) is 0.492. The molecule has 758 valence electrons. The van der Waals surface area contributed by atoms with Crippen molar-refractivity contribution in [2.45, 2.75) is 356 Å². The van der Waals surface area contributed by atoms with Gasteiger partial charge in [-0.1, -0.05) is 290 Å². The molecule has 0 bridgehead atoms. The van der Waals surface area contributed by atoms with E-state index in [1.807, 2.05) is 224 Å². The average Bonchev–Trinajstić information content (AvgIpc) is 1.44. The minimum absolute atomic E-state index is 0.0224. The van der Waals surface area contributed by atoms with Gasteiger partial charge in [-0.25, -0.2) is 4.79 Å². The number of esters is 3. The maximum Gasteiger partial charge on any atom is 0.348 e. The molecule has 16 nitrogen and oxygen atoms in total. The lowest BCUT2D eigenvalue weighted by Crippen LogP contribution is -2.27. The molecule has 0 saturated carbocycles. The number of thiophene rings is 1. The van der Waals surface area contributed by atoms with Crippen LogP contribution < -0.4 is 14.2 Å². The van der Waals surface area contributed by atoms with E-state index in [1.54, 1.807) is 54.6 Å². The van der Waals surface area contributed by atoms with Crippen LogP contribution in [0.15, 0.2) is 248 Å². The molecule has 0 aliphatic carbocycles. The van der Waals surface area contributed by atoms with Crippen LogP contribution in [0, 0.1) is 11.8 Å². The molecule has 0 aliphatic heterocycles. The van der Waals surface area contributed by atoms with Gasteiger partial charge in [0.05, 0.1) is 25.0 Å². The van der Waals surface area contributed by atoms with Crippen LogP contribution in [0.4, 0.5) is 0 Å². The fourth-order valence-electron chi connectivity index (χ4n) is 12.2. The van der Waals surface area contributed by atoms with Gasteiger partial charge in [0.15, 0.2) is 18.9 Å². The summed E-state index contributed by atoms with van der Waals surface area (Å²) >= 11 is 1.36. The molecule has 13 atom stereocenters. The second-order valence-electron chi connectivity index (χ2n) is 36.9. The first-order valence-electron chi connectivity index (χ1n) is 50.0. The molecule has 0 fully saturated rings. The molecule has 0 spiro atoms. The molecular weight excluding hydrogens is 1730 g/mol. The number of rotatable bonds is 36. The Hall–Kier alpha value is -10.4. The summed E-state index contributed by atoms with van der Waals surface area (Å²) in [6, 6.07) is 78.7. The van der Waals surface area contributed by atoms with Crippen molar-refractivity contribution in [1.29, 1.82) is 0 Å². The minimum Gasteiger partial charge on any atom is -0.508 e. The Morgan fingerprint density at radius 1 is 0.285 bits per heavy atom. The number of phenols is 4. The summed E-state index contributed by atoms with van der Waals surface area (Å²) in [7, 11) is 0. The number of hydrogen-bond donors (Lipinski definition) is 4. The molecule has 4 N–H and O–H groups in total. The highest BCUT2D eigenvalue weighted by molar-refractivity contribution is 7.12. The zero-order valence-corrected chi connectivity index (χ0v) is 90.0. The van der Waals surface area contributed by atoms with Crippen molar-refractivity contribution < 1.29 is 77.4 Å². The number of carbonyl (C=O) groups is 3. The monoisotopic (exact) mass is 1910 g/mol. The van der Waals surface area contributed by atoms with Gasteiger partial charge >= 0.3 is 17.9 Å². The predicted octanol–water partition coefficient (Wildman–Crippen LogP) is 33.5. The van der Waals surface area contributed by atoms with Gasteiger partial charge in [-0.2, -0.15) is 0 Å². The molecule has 0 amide bonds. The fourth-order valence-corrected chi connectivity index (χ4v) is 12.8. The second-order valence-corrected chi connectivity index (χ2v) is 37.9. The van der Waals surface area contributed by atoms with E-state index in [0.29, 0.717) is 95.0 Å². The second kappa shape index (κ2) is 71.1. The molecular formula is C120H176O16S. The van der Waals surface area contributed by atoms with Gasteiger partial charge in [0.1, 0.15) is 62.9 Å². The van der Waals surface area contributed by atoms with E-state index in [4.69, 9.17) is 63.1 Å². The molecule has 1 heterocycles. The predicted molar refractivity (Wildman–Crippen MR) is 572 cm³/mol. The van der Waals surface area contributed by atoms with Crippen LogP contribution in [0.3, 0.4) is 0 Å². The van der Waals surface area contributed by atoms with Crippen molar-refractivity contribution in [3.8, 4) is 40.2 Å². The number of benzene rings is 9. The van der Waals surface area contributed by atoms with Crippen LogP contribution in [-0.4, -0.2) is 88.2 Å². The maximum atomic E-state index is 11.7. The van der Waals surface area contributed by atoms with Gasteiger partial charge in [-0.05, 0) is 327 Å². The van der Waals surface area contributed by atoms with Gasteiger partial charge in [-0.15, -0.1) is 11.3 Å². The molecule has 10 rings (SSSR count). The Morgan fingerprint density at radius 2 is 0.533 bits per heavy atom. The summed E-state index contributed by atoms with van der Waals surface area (Å²) < 4.78 is 49.1. The Kier molecular flexibility index (Phi) is 64.6. The van der Waals surface area contributed by atoms with Crippen molar-refractivity contribution in [1.82, 2.24) is 0 Å². The summed E-state index contributed by atoms with van der Waals surface area (Å²) in [4.78, 5) is 34.6. The molecule has 0 aliphatic rings. The average molecular weight is 1910 g/mol. The number of ether oxygens (including phenoxy) is 9. The number of carbonyl (C=O) groups excluding carboxylic acids is 3. The first-order chi connectivity index (χ1) is 65.0. The van der Waals surface area contributed by atoms with E-state index >= 15 is 0 Å². The minimum atomic E-state index is -0.403. The quantitative estimate of drug-likeness (QED) is 0.0124. The molecule has 1 aromatic heterocycles. The Labute approximate surface area is 832 Å². The summed E-state index contributed by atoms with van der Waals surface area (Å²) in [5.74, 6) is 8.23. The van der Waals surface area contributed by atoms with Crippen LogP contribution in [0.2, 0.25) is 0 Å². The zero-order valence-electron chi connectivity index (χ0n) is 89.2. The smallest absolute Gasteiger partial charge is 0.348 e. The Bertz CT molecular complexity index is 4390. The molecule has 13 unspecified atom stereocenters. The van der Waals surface area contributed by atoms with E-state index in [1.165, 1.54) is 62.3 Å². The molecule has 17 heteroatoms. The van der Waals surface area contributed by atoms with E-state index < -0.39 is 6.29 Å². The number of phenolic OH excluding ortho intramolecular Hbond substituents is 4. The summed E-state index contributed by atoms with van der Waals surface area (Å²) in [6.45, 7) is 63.5. The maximum absolute atomic E-state index is 11.7. The molecule has 0 radical (unpaired) electrons. The molecule has 0 saturated heterocycles. The van der Waals surface area contributed by atoms with Crippen LogP contribution in [0.25, 0.3) is 0 Å². The normalized spacial score (nSPS) is 13.5. The van der Waals surface area contributed by atoms with Gasteiger partial charge in [-0.3, -0.25) is 9.59 Å². The molecule has 137 heavy (non-hydrogen) atoms. The van der Waals surface area contributed by atoms with Gasteiger partial charge in [0.25, 0.3) is 0 Å². The van der Waals surface area contributed by atoms with Crippen LogP contribution in [0.5, 0.6) is 40.2 Å². The summed E-state index contributed by atoms with van der Waals surface area (Å²) in [6.07, 6.45) is 10.1. The van der Waals surface area contributed by atoms with Crippen molar-refractivity contribution in [2.75, 3.05) is 19.8 Å². The van der Waals surface area contributed by atoms with Gasteiger partial charge in [0.2, 0.25) is 0 Å². The standard InChI is InChI=1S/C19H24O4S.C19H24O2.C14H22O2.4C10H14O.C10H14.2C9H18O2/c1-4-14(2)16-7-9-17(10-8-16)23-15(3)21-11-12-22-19(20)18-6-5-13-24-18;1-4-15(2)18-10-12-19(13-11-18)21-16(3)20-14-17-8-6-5-7-9-17;1-5-11(3)13-7-9-14(10-8-13)16-12(4)15-6-2;4*1-3-8(2)9-4-6-10(11)7-5-9;1-3-9(2)10-7-5-4-6-8-10;2*1-6-7(2)8(10)11-9(3,4)5/h5-10,13-15H,4,11-12H2,1-3H3;5-13,15-16H,4,14H2,1-3H3;7-12H,5-6H2,1-4H3;4*4-8,11H,3H2,1-2H3;4-9H,3H2,1-2H3;2*7H,6H2,1-5H3. The Balaban J connectivity index is 0.000000774. The highest BCUT2D eigenvalue weighted by atomic mass is 32.1. The third-order valence-electron chi connectivity index (χ3n) is 23.3. The van der Waals surface area contributed by atoms with Crippen molar-refractivity contribution >= 4 is 29.2 Å². The molecule has 9 aromatic carbocycles. The highest BCUT2D eigenvalue weighted by Crippen LogP contribution is 2.30. The first kappa shape index (κ1) is 125. The largest absolute Gasteiger partial charge is 0.508 e. The van der Waals surface area contributed by atoms with Crippen LogP contribution in [-0.2, 0) is 44.6 Å². The lowest BCUT2D eigenvalue weighted by molar-refractivity contribution is -0.160. The van der Waals surface area contributed by atoms with Crippen LogP contribution in [0.1, 0.15) is 379 Å². The van der Waals surface area contributed by atoms with Crippen molar-refractivity contribution in [3.05, 3.63) is 303 Å². The van der Waals surface area contributed by atoms with E-state index in [-0.39, 0.29) is 60.1 Å². The summed E-state index contributed by atoms with van der Waals surface area (Å²) in [5.41, 5.74) is 11.1. The number of hydrogen-bond acceptors (Lipinski definition) is 17. The summed E-state index contributed by atoms with van der Waals surface area (Å²) in [5, 5.41) is 37.9. The Morgan fingerprint density at radius 3 is 0.774 bits per heavy atom. The van der Waals surface area contributed by atoms with Crippen molar-refractivity contribution in [3.63, 3.8) is 0 Å². The van der Waals surface area contributed by atoms with Gasteiger partial charge < -0.3 is 63.1 Å². The lowest BCUT2D eigenvalue weighted by atomic mass is 9.99. The van der Waals surface area contributed by atoms with E-state index in [0.717, 1.165) is 80.6 Å². The SMILES string of the molecule is CCC(C)C(=O)OC(C)(C)C.CCC(C)C(=O)OC(C)(C)C.CCC(C)c1ccc(O)cc1.CCC(C)c1ccc(O)cc1.CCC(C)c1ccc(O)cc1.CCC(C)c1ccc(O)cc1.CCC(C)c1ccc(OC(C)OCCOC(=O)c2cccs2)cc1.CCC(C)c1ccc(OC(C)OCc2ccccc2)cc1.CCC(C)c1ccccc1.CCOC(C)Oc1ccc(C(C)CC)cc1. The van der Waals surface area contributed by atoms with Crippen molar-refractivity contribution in [2.24, 2.45) is 11.8 Å². The highest BCUT2D eigenvalue weighted by Gasteiger charge is 2.22. The van der Waals surface area contributed by atoms with E-state index in [2.05, 4.69) is 178 Å². The number of aromatic hydroxyl groups is 4. The van der Waals surface area contributed by atoms with Crippen LogP contribution >= 0.6 is 11.3 Å². The topological polar surface area (TPSA) is 215 Å². The third-order valence-corrected chi connectivity index (χ3v) is 24.2. The first-order valence-corrected chi connectivity index (χ1v) is 50.9. The van der Waals surface area contributed by atoms with Gasteiger partial charge in [0, 0.05) is 6.61 Å². The lowest BCUT2D eigenvalue weighted by Gasteiger charge is -2.21.